The highest BCUT2D eigenvalue weighted by atomic mass is 19.3. The van der Waals surface area contributed by atoms with Crippen LogP contribution in [0.3, 0.4) is 0 Å². The van der Waals surface area contributed by atoms with Crippen molar-refractivity contribution in [3.05, 3.63) is 6.92 Å². The van der Waals surface area contributed by atoms with Gasteiger partial charge in [0.2, 0.25) is 6.43 Å². The zero-order valence-electron chi connectivity index (χ0n) is 6.37. The first-order valence-electron chi connectivity index (χ1n) is 3.49. The average molecular weight is 189 g/mol. The van der Waals surface area contributed by atoms with Crippen LogP contribution >= 0.6 is 0 Å². The molecule has 0 saturated carbocycles. The fourth-order valence-electron chi connectivity index (χ4n) is 0.724. The molecule has 73 valence electrons. The smallest absolute Gasteiger partial charge is 0.241 e. The van der Waals surface area contributed by atoms with Gasteiger partial charge in [0, 0.05) is 0 Å². The van der Waals surface area contributed by atoms with E-state index in [4.69, 9.17) is 0 Å². The van der Waals surface area contributed by atoms with Gasteiger partial charge < -0.3 is 0 Å². The van der Waals surface area contributed by atoms with Crippen molar-refractivity contribution >= 4 is 0 Å². The summed E-state index contributed by atoms with van der Waals surface area (Å²) in [4.78, 5) is 0. The molecule has 0 aromatic heterocycles. The Kier molecular flexibility index (Phi) is 4.49. The molecule has 0 aromatic rings. The van der Waals surface area contributed by atoms with Crippen LogP contribution in [0.15, 0.2) is 0 Å². The van der Waals surface area contributed by atoms with E-state index in [-0.39, 0.29) is 6.42 Å². The molecular weight excluding hydrogens is 179 g/mol. The van der Waals surface area contributed by atoms with Crippen LogP contribution in [0.5, 0.6) is 0 Å². The molecule has 0 amide bonds. The molecule has 1 atom stereocenters. The fourth-order valence-corrected chi connectivity index (χ4v) is 0.724. The van der Waals surface area contributed by atoms with Gasteiger partial charge >= 0.3 is 0 Å². The van der Waals surface area contributed by atoms with E-state index in [1.807, 2.05) is 0 Å². The summed E-state index contributed by atoms with van der Waals surface area (Å²) in [7, 11) is 0. The molecule has 0 aromatic carbocycles. The van der Waals surface area contributed by atoms with Crippen LogP contribution < -0.4 is 0 Å². The van der Waals surface area contributed by atoms with E-state index in [1.165, 1.54) is 0 Å². The second-order valence-corrected chi connectivity index (χ2v) is 2.47. The van der Waals surface area contributed by atoms with E-state index >= 15 is 0 Å². The van der Waals surface area contributed by atoms with Crippen molar-refractivity contribution in [2.24, 2.45) is 0 Å². The molecule has 0 aliphatic carbocycles. The van der Waals surface area contributed by atoms with Gasteiger partial charge in [0.05, 0.1) is 6.42 Å². The maximum Gasteiger partial charge on any atom is 0.284 e. The molecule has 0 saturated heterocycles. The predicted octanol–water partition coefficient (Wildman–Crippen LogP) is 3.23. The third kappa shape index (κ3) is 3.88. The van der Waals surface area contributed by atoms with E-state index < -0.39 is 31.4 Å². The Labute approximate surface area is 67.8 Å². The minimum absolute atomic E-state index is 0.0278. The number of rotatable bonds is 5. The Balaban J connectivity index is 3.99. The highest BCUT2D eigenvalue weighted by Gasteiger charge is 2.41. The Bertz CT molecular complexity index is 123. The van der Waals surface area contributed by atoms with Gasteiger partial charge in [-0.25, -0.2) is 22.0 Å². The normalized spacial score (nSPS) is 15.2. The van der Waals surface area contributed by atoms with Gasteiger partial charge in [0.15, 0.2) is 6.17 Å². The lowest BCUT2D eigenvalue weighted by atomic mass is 10.1. The van der Waals surface area contributed by atoms with Gasteiger partial charge in [-0.15, -0.1) is 0 Å². The summed E-state index contributed by atoms with van der Waals surface area (Å²) in [5, 5.41) is 0. The van der Waals surface area contributed by atoms with Crippen LogP contribution in [0.4, 0.5) is 22.0 Å². The quantitative estimate of drug-likeness (QED) is 0.582. The number of halogens is 5. The Hall–Kier alpha value is -0.350. The summed E-state index contributed by atoms with van der Waals surface area (Å²) >= 11 is 0. The van der Waals surface area contributed by atoms with E-state index in [9.17, 15) is 22.0 Å². The summed E-state index contributed by atoms with van der Waals surface area (Å²) in [6, 6.07) is 0. The Morgan fingerprint density at radius 1 is 1.17 bits per heavy atom. The van der Waals surface area contributed by atoms with Crippen molar-refractivity contribution < 1.29 is 22.0 Å². The van der Waals surface area contributed by atoms with Gasteiger partial charge in [-0.2, -0.15) is 0 Å². The SMILES string of the molecule is [CH2]CC[C@H](F)C(F)(F)CC(F)F. The van der Waals surface area contributed by atoms with Gasteiger partial charge in [-0.1, -0.05) is 13.3 Å². The van der Waals surface area contributed by atoms with E-state index in [1.54, 1.807) is 0 Å². The summed E-state index contributed by atoms with van der Waals surface area (Å²) in [5.74, 6) is -3.92. The first-order chi connectivity index (χ1) is 5.40. The van der Waals surface area contributed by atoms with Gasteiger partial charge in [-0.05, 0) is 6.42 Å². The third-order valence-corrected chi connectivity index (χ3v) is 1.34. The van der Waals surface area contributed by atoms with Gasteiger partial charge in [-0.3, -0.25) is 0 Å². The average Bonchev–Trinajstić information content (AvgIpc) is 1.85. The molecule has 0 rings (SSSR count). The molecule has 0 spiro atoms. The third-order valence-electron chi connectivity index (χ3n) is 1.34. The Morgan fingerprint density at radius 2 is 1.67 bits per heavy atom. The summed E-state index contributed by atoms with van der Waals surface area (Å²) < 4.78 is 60.1. The predicted molar refractivity (Wildman–Crippen MR) is 35.1 cm³/mol. The van der Waals surface area contributed by atoms with Crippen LogP contribution in [0.2, 0.25) is 0 Å². The topological polar surface area (TPSA) is 0 Å². The lowest BCUT2D eigenvalue weighted by molar-refractivity contribution is -0.109. The van der Waals surface area contributed by atoms with Crippen LogP contribution in [0.1, 0.15) is 19.3 Å². The molecule has 0 heterocycles. The largest absolute Gasteiger partial charge is 0.284 e. The lowest BCUT2D eigenvalue weighted by Gasteiger charge is -2.19. The lowest BCUT2D eigenvalue weighted by Crippen LogP contribution is -2.32. The molecule has 0 bridgehead atoms. The van der Waals surface area contributed by atoms with Crippen molar-refractivity contribution in [1.29, 1.82) is 0 Å². The molecule has 0 fully saturated rings. The van der Waals surface area contributed by atoms with E-state index in [2.05, 4.69) is 6.92 Å². The van der Waals surface area contributed by atoms with E-state index in [0.717, 1.165) is 0 Å². The zero-order valence-corrected chi connectivity index (χ0v) is 6.37. The summed E-state index contributed by atoms with van der Waals surface area (Å²) in [6.07, 6.45) is -7.92. The van der Waals surface area contributed by atoms with Crippen LogP contribution in [0.25, 0.3) is 0 Å². The van der Waals surface area contributed by atoms with Gasteiger partial charge in [0.25, 0.3) is 5.92 Å². The first kappa shape index (κ1) is 11.6. The number of hydrogen-bond donors (Lipinski definition) is 0. The summed E-state index contributed by atoms with van der Waals surface area (Å²) in [6.45, 7) is 3.16. The fraction of sp³-hybridized carbons (Fsp3) is 0.857. The molecule has 0 aliphatic rings. The minimum Gasteiger partial charge on any atom is -0.241 e. The van der Waals surface area contributed by atoms with Crippen molar-refractivity contribution in [3.8, 4) is 0 Å². The highest BCUT2D eigenvalue weighted by Crippen LogP contribution is 2.30. The van der Waals surface area contributed by atoms with Crippen molar-refractivity contribution in [3.63, 3.8) is 0 Å². The zero-order chi connectivity index (χ0) is 9.78. The van der Waals surface area contributed by atoms with Crippen molar-refractivity contribution in [2.45, 2.75) is 37.8 Å². The maximum atomic E-state index is 12.4. The van der Waals surface area contributed by atoms with E-state index in [0.29, 0.717) is 0 Å². The molecule has 0 nitrogen and oxygen atoms in total. The molecular formula is C7H10F5. The second-order valence-electron chi connectivity index (χ2n) is 2.47. The first-order valence-corrected chi connectivity index (χ1v) is 3.49. The van der Waals surface area contributed by atoms with Crippen LogP contribution in [-0.2, 0) is 0 Å². The highest BCUT2D eigenvalue weighted by molar-refractivity contribution is 4.77. The summed E-state index contributed by atoms with van der Waals surface area (Å²) in [5.41, 5.74) is 0. The van der Waals surface area contributed by atoms with Crippen LogP contribution in [-0.4, -0.2) is 18.5 Å². The monoisotopic (exact) mass is 189 g/mol. The maximum absolute atomic E-state index is 12.4. The minimum atomic E-state index is -3.92. The number of hydrogen-bond acceptors (Lipinski definition) is 0. The molecule has 0 N–H and O–H groups in total. The molecule has 0 aliphatic heterocycles. The number of alkyl halides is 5. The molecule has 1 radical (unpaired) electrons. The van der Waals surface area contributed by atoms with Crippen LogP contribution in [0, 0.1) is 6.92 Å². The standard InChI is InChI=1S/C7H10F5/c1-2-3-5(8)7(11,12)4-6(9)10/h5-6H,1-4H2/t5-/m0/s1. The second kappa shape index (κ2) is 4.62. The Morgan fingerprint density at radius 3 is 2.00 bits per heavy atom. The molecule has 5 heteroatoms. The van der Waals surface area contributed by atoms with Gasteiger partial charge in [0.1, 0.15) is 0 Å². The van der Waals surface area contributed by atoms with Crippen molar-refractivity contribution in [2.75, 3.05) is 0 Å². The van der Waals surface area contributed by atoms with Crippen molar-refractivity contribution in [1.82, 2.24) is 0 Å². The molecule has 12 heavy (non-hydrogen) atoms. The molecule has 0 unspecified atom stereocenters.